The zero-order valence-electron chi connectivity index (χ0n) is 12.9. The normalized spacial score (nSPS) is 45.7. The van der Waals surface area contributed by atoms with Gasteiger partial charge in [-0.15, -0.1) is 0 Å². The van der Waals surface area contributed by atoms with E-state index in [-0.39, 0.29) is 0 Å². The van der Waals surface area contributed by atoms with E-state index in [4.69, 9.17) is 0 Å². The quantitative estimate of drug-likeness (QED) is 0.616. The highest BCUT2D eigenvalue weighted by molar-refractivity contribution is 5.17. The highest BCUT2D eigenvalue weighted by Gasteiger charge is 2.41. The predicted octanol–water partition coefficient (Wildman–Crippen LogP) is 5.46. The molecule has 0 nitrogen and oxygen atoms in total. The Labute approximate surface area is 119 Å². The van der Waals surface area contributed by atoms with Crippen LogP contribution in [0.1, 0.15) is 52.9 Å². The summed E-state index contributed by atoms with van der Waals surface area (Å²) in [5, 5.41) is 0. The maximum Gasteiger partial charge on any atom is -0.0164 e. The molecule has 0 bridgehead atoms. The highest BCUT2D eigenvalue weighted by atomic mass is 14.5. The van der Waals surface area contributed by atoms with Gasteiger partial charge in [0.15, 0.2) is 0 Å². The molecule has 106 valence electrons. The molecule has 0 heterocycles. The average Bonchev–Trinajstić information content (AvgIpc) is 2.81. The van der Waals surface area contributed by atoms with E-state index in [9.17, 15) is 0 Å². The van der Waals surface area contributed by atoms with Crippen molar-refractivity contribution in [2.24, 2.45) is 41.4 Å². The van der Waals surface area contributed by atoms with Crippen molar-refractivity contribution in [3.05, 3.63) is 24.3 Å². The predicted molar refractivity (Wildman–Crippen MR) is 82.8 cm³/mol. The van der Waals surface area contributed by atoms with E-state index in [0.29, 0.717) is 0 Å². The lowest BCUT2D eigenvalue weighted by molar-refractivity contribution is 0.0922. The van der Waals surface area contributed by atoms with Crippen LogP contribution in [0, 0.1) is 41.4 Å². The van der Waals surface area contributed by atoms with Gasteiger partial charge >= 0.3 is 0 Å². The fourth-order valence-corrected chi connectivity index (χ4v) is 5.17. The third-order valence-electron chi connectivity index (χ3n) is 6.21. The average molecular weight is 258 g/mol. The lowest BCUT2D eigenvalue weighted by Gasteiger charge is -2.41. The number of rotatable bonds is 2. The van der Waals surface area contributed by atoms with Crippen molar-refractivity contribution in [2.75, 3.05) is 0 Å². The Morgan fingerprint density at radius 3 is 2.11 bits per heavy atom. The molecule has 0 saturated heterocycles. The zero-order chi connectivity index (χ0) is 13.4. The van der Waals surface area contributed by atoms with Gasteiger partial charge in [0, 0.05) is 0 Å². The maximum atomic E-state index is 2.48. The molecule has 0 spiro atoms. The summed E-state index contributed by atoms with van der Waals surface area (Å²) in [6.45, 7) is 7.39. The summed E-state index contributed by atoms with van der Waals surface area (Å²) in [6, 6.07) is 0. The van der Waals surface area contributed by atoms with Gasteiger partial charge < -0.3 is 0 Å². The van der Waals surface area contributed by atoms with Crippen LogP contribution in [0.2, 0.25) is 0 Å². The van der Waals surface area contributed by atoms with E-state index in [1.54, 1.807) is 0 Å². The van der Waals surface area contributed by atoms with E-state index in [1.807, 2.05) is 0 Å². The lowest BCUT2D eigenvalue weighted by atomic mass is 9.65. The maximum absolute atomic E-state index is 2.48. The molecule has 0 radical (unpaired) electrons. The molecule has 0 aromatic heterocycles. The molecule has 2 fully saturated rings. The van der Waals surface area contributed by atoms with Crippen molar-refractivity contribution in [3.8, 4) is 0 Å². The second-order valence-electron chi connectivity index (χ2n) is 7.82. The van der Waals surface area contributed by atoms with Crippen molar-refractivity contribution < 1.29 is 0 Å². The molecule has 0 heteroatoms. The van der Waals surface area contributed by atoms with E-state index in [1.165, 1.54) is 32.1 Å². The smallest absolute Gasteiger partial charge is 0.0164 e. The van der Waals surface area contributed by atoms with Crippen LogP contribution in [0.15, 0.2) is 24.3 Å². The van der Waals surface area contributed by atoms with Crippen molar-refractivity contribution in [1.29, 1.82) is 0 Å². The van der Waals surface area contributed by atoms with Gasteiger partial charge in [0.05, 0.1) is 0 Å². The molecule has 3 aliphatic rings. The molecular weight excluding hydrogens is 228 g/mol. The summed E-state index contributed by atoms with van der Waals surface area (Å²) in [6.07, 6.45) is 16.9. The van der Waals surface area contributed by atoms with E-state index < -0.39 is 0 Å². The molecule has 19 heavy (non-hydrogen) atoms. The minimum absolute atomic E-state index is 0.861. The second-order valence-corrected chi connectivity index (χ2v) is 7.82. The van der Waals surface area contributed by atoms with Gasteiger partial charge in [-0.2, -0.15) is 0 Å². The summed E-state index contributed by atoms with van der Waals surface area (Å²) in [7, 11) is 0. The summed E-state index contributed by atoms with van der Waals surface area (Å²) in [5.74, 6) is 6.57. The van der Waals surface area contributed by atoms with Crippen molar-refractivity contribution in [3.63, 3.8) is 0 Å². The molecule has 0 aliphatic heterocycles. The molecule has 0 N–H and O–H groups in total. The molecule has 5 unspecified atom stereocenters. The van der Waals surface area contributed by atoms with Crippen LogP contribution >= 0.6 is 0 Å². The van der Waals surface area contributed by atoms with Crippen molar-refractivity contribution >= 4 is 0 Å². The standard InChI is InChI=1S/C19H30/c1-13(2)18-9-8-14(3)10-19(18)17-11-15-6-4-5-7-16(15)12-17/h4-7,13-19H,8-12H2,1-3H3. The Kier molecular flexibility index (Phi) is 3.87. The minimum atomic E-state index is 0.861. The molecule has 0 aromatic carbocycles. The van der Waals surface area contributed by atoms with Crippen molar-refractivity contribution in [2.45, 2.75) is 52.9 Å². The molecule has 3 rings (SSSR count). The van der Waals surface area contributed by atoms with E-state index in [0.717, 1.165) is 41.4 Å². The Balaban J connectivity index is 1.72. The molecule has 2 saturated carbocycles. The Morgan fingerprint density at radius 2 is 1.53 bits per heavy atom. The number of fused-ring (bicyclic) bond motifs is 1. The van der Waals surface area contributed by atoms with Gasteiger partial charge in [-0.1, -0.05) is 51.5 Å². The Hall–Kier alpha value is -0.520. The lowest BCUT2D eigenvalue weighted by Crippen LogP contribution is -2.32. The summed E-state index contributed by atoms with van der Waals surface area (Å²) in [5.41, 5.74) is 0. The Bertz CT molecular complexity index is 342. The van der Waals surface area contributed by atoms with Crippen LogP contribution in [0.5, 0.6) is 0 Å². The first-order valence-corrected chi connectivity index (χ1v) is 8.50. The van der Waals surface area contributed by atoms with Crippen LogP contribution < -0.4 is 0 Å². The topological polar surface area (TPSA) is 0 Å². The van der Waals surface area contributed by atoms with E-state index >= 15 is 0 Å². The van der Waals surface area contributed by atoms with Gasteiger partial charge in [0.1, 0.15) is 0 Å². The first-order chi connectivity index (χ1) is 9.15. The zero-order valence-corrected chi connectivity index (χ0v) is 12.9. The number of hydrogen-bond donors (Lipinski definition) is 0. The monoisotopic (exact) mass is 258 g/mol. The fourth-order valence-electron chi connectivity index (χ4n) is 5.17. The first kappa shape index (κ1) is 13.5. The van der Waals surface area contributed by atoms with Crippen LogP contribution in [0.3, 0.4) is 0 Å². The molecule has 3 aliphatic carbocycles. The molecular formula is C19H30. The number of hydrogen-bond acceptors (Lipinski definition) is 0. The molecule has 0 amide bonds. The van der Waals surface area contributed by atoms with Crippen LogP contribution in [-0.4, -0.2) is 0 Å². The van der Waals surface area contributed by atoms with Gasteiger partial charge in [0.2, 0.25) is 0 Å². The van der Waals surface area contributed by atoms with Gasteiger partial charge in [-0.25, -0.2) is 0 Å². The Morgan fingerprint density at radius 1 is 0.895 bits per heavy atom. The van der Waals surface area contributed by atoms with Crippen molar-refractivity contribution in [1.82, 2.24) is 0 Å². The van der Waals surface area contributed by atoms with Gasteiger partial charge in [-0.3, -0.25) is 0 Å². The fraction of sp³-hybridized carbons (Fsp3) is 0.789. The van der Waals surface area contributed by atoms with Crippen LogP contribution in [0.25, 0.3) is 0 Å². The first-order valence-electron chi connectivity index (χ1n) is 8.50. The second kappa shape index (κ2) is 5.46. The van der Waals surface area contributed by atoms with Crippen LogP contribution in [0.4, 0.5) is 0 Å². The summed E-state index contributed by atoms with van der Waals surface area (Å²) in [4.78, 5) is 0. The van der Waals surface area contributed by atoms with Gasteiger partial charge in [-0.05, 0) is 67.1 Å². The largest absolute Gasteiger partial charge is 0.0808 e. The molecule has 5 atom stereocenters. The minimum Gasteiger partial charge on any atom is -0.0808 e. The number of allylic oxidation sites excluding steroid dienone is 4. The van der Waals surface area contributed by atoms with E-state index in [2.05, 4.69) is 45.1 Å². The van der Waals surface area contributed by atoms with Crippen LogP contribution in [-0.2, 0) is 0 Å². The third-order valence-corrected chi connectivity index (χ3v) is 6.21. The molecule has 0 aromatic rings. The SMILES string of the molecule is CC1CCC(C(C)C)C(C2CC3C=CC=CC3C2)C1. The third kappa shape index (κ3) is 2.69. The highest BCUT2D eigenvalue weighted by Crippen LogP contribution is 2.50. The summed E-state index contributed by atoms with van der Waals surface area (Å²) < 4.78 is 0. The van der Waals surface area contributed by atoms with Gasteiger partial charge in [0.25, 0.3) is 0 Å². The summed E-state index contributed by atoms with van der Waals surface area (Å²) >= 11 is 0.